The lowest BCUT2D eigenvalue weighted by molar-refractivity contribution is -0.0433. The fraction of sp³-hybridized carbons (Fsp3) is 0.851. The van der Waals surface area contributed by atoms with E-state index in [0.29, 0.717) is 275 Å². The molecule has 0 saturated carbocycles. The highest BCUT2D eigenvalue weighted by Crippen LogP contribution is 2.41. The third-order valence-corrected chi connectivity index (χ3v) is 16.8. The number of hydrogen-bond acceptors (Lipinski definition) is 39. The van der Waals surface area contributed by atoms with E-state index in [1.807, 2.05) is 12.1 Å². The first-order chi connectivity index (χ1) is 62.8. The number of carbonyl (C=O) groups excluding carboxylic acids is 1. The van der Waals surface area contributed by atoms with Crippen LogP contribution in [0.4, 0.5) is 0 Å². The zero-order chi connectivity index (χ0) is 91.2. The van der Waals surface area contributed by atoms with Gasteiger partial charge in [-0.3, -0.25) is 4.79 Å². The Morgan fingerprint density at radius 2 is 0.457 bits per heavy atom. The first-order valence-corrected chi connectivity index (χ1v) is 44.2. The summed E-state index contributed by atoms with van der Waals surface area (Å²) in [6, 6.07) is 8.84. The summed E-state index contributed by atoms with van der Waals surface area (Å²) in [6.45, 7) is 18.8. The van der Waals surface area contributed by atoms with E-state index < -0.39 is 30.3 Å². The average Bonchev–Trinajstić information content (AvgIpc) is 0.806. The van der Waals surface area contributed by atoms with Gasteiger partial charge < -0.3 is 186 Å². The molecule has 40 heteroatoms. The van der Waals surface area contributed by atoms with Crippen molar-refractivity contribution in [1.82, 2.24) is 5.32 Å². The summed E-state index contributed by atoms with van der Waals surface area (Å²) in [4.78, 5) is 15.1. The molecule has 2 aromatic carbocycles. The summed E-state index contributed by atoms with van der Waals surface area (Å²) >= 11 is 0. The van der Waals surface area contributed by atoms with Crippen molar-refractivity contribution in [2.24, 2.45) is 5.73 Å². The van der Waals surface area contributed by atoms with Crippen LogP contribution in [0.1, 0.15) is 28.8 Å². The number of methoxy groups -OCH3 is 8. The predicted molar refractivity (Wildman–Crippen MR) is 465 cm³/mol. The first kappa shape index (κ1) is 119. The van der Waals surface area contributed by atoms with Gasteiger partial charge >= 0.3 is 0 Å². The highest BCUT2D eigenvalue weighted by molar-refractivity contribution is 5.95. The first-order valence-electron chi connectivity index (χ1n) is 44.2. The maximum atomic E-state index is 15.1. The van der Waals surface area contributed by atoms with Crippen molar-refractivity contribution in [2.75, 3.05) is 447 Å². The molecule has 0 aromatic heterocycles. The molecule has 40 nitrogen and oxygen atoms in total. The van der Waals surface area contributed by atoms with E-state index in [4.69, 9.17) is 181 Å². The number of aryl methyl sites for hydroxylation is 1. The predicted octanol–water partition coefficient (Wildman–Crippen LogP) is 3.34. The van der Waals surface area contributed by atoms with Crippen molar-refractivity contribution in [2.45, 2.75) is 43.7 Å². The lowest BCUT2D eigenvalue weighted by Gasteiger charge is -2.25. The normalized spacial score (nSPS) is 11.8. The van der Waals surface area contributed by atoms with Crippen LogP contribution in [0.5, 0.6) is 28.7 Å². The van der Waals surface area contributed by atoms with Gasteiger partial charge in [-0.1, -0.05) is 0 Å². The Morgan fingerprint density at radius 1 is 0.252 bits per heavy atom. The van der Waals surface area contributed by atoms with Crippen molar-refractivity contribution in [3.8, 4) is 28.7 Å². The van der Waals surface area contributed by atoms with Crippen molar-refractivity contribution >= 4 is 5.91 Å². The molecule has 127 heavy (non-hydrogen) atoms. The molecule has 746 valence electrons. The SMILES string of the molecule is COCCOCCOCCOCC(COCCOCCOCCOC)Oc1cc(CCCNC(=O)c2cc(OC(COCCOCCOCCOC)COCCOCCOCCOC)c(OCCCN)c(OC(COCCOCCOCCOC)COCCOCCOCCOC)c2)cc(OC(COCCOCCOCCOC)COCCOCCOCCOC)c1. The highest BCUT2D eigenvalue weighted by atomic mass is 16.6. The quantitative estimate of drug-likeness (QED) is 0.0897. The number of ether oxygens (including phenoxy) is 37. The van der Waals surface area contributed by atoms with Gasteiger partial charge in [0, 0.05) is 75.1 Å². The Hall–Kier alpha value is -4.41. The molecule has 1 amide bonds. The van der Waals surface area contributed by atoms with Gasteiger partial charge in [0.1, 0.15) is 35.9 Å². The maximum Gasteiger partial charge on any atom is 0.251 e. The largest absolute Gasteiger partial charge is 0.486 e. The molecule has 2 aromatic rings. The minimum Gasteiger partial charge on any atom is -0.486 e. The Morgan fingerprint density at radius 3 is 0.669 bits per heavy atom. The number of carbonyl (C=O) groups is 1. The third kappa shape index (κ3) is 75.7. The van der Waals surface area contributed by atoms with Crippen LogP contribution in [0.25, 0.3) is 0 Å². The minimum atomic E-state index is -0.802. The molecule has 0 fully saturated rings. The second-order valence-corrected chi connectivity index (χ2v) is 27.3. The van der Waals surface area contributed by atoms with Gasteiger partial charge in [-0.05, 0) is 55.6 Å². The van der Waals surface area contributed by atoms with E-state index in [-0.39, 0.29) is 168 Å². The van der Waals surface area contributed by atoms with Crippen molar-refractivity contribution in [3.63, 3.8) is 0 Å². The Balaban J connectivity index is 2.80. The lowest BCUT2D eigenvalue weighted by Crippen LogP contribution is -2.32. The summed E-state index contributed by atoms with van der Waals surface area (Å²) in [7, 11) is 12.9. The summed E-state index contributed by atoms with van der Waals surface area (Å²) < 4.78 is 215. The monoisotopic (exact) mass is 1840 g/mol. The van der Waals surface area contributed by atoms with E-state index in [1.54, 1.807) is 75.1 Å². The molecule has 0 heterocycles. The Labute approximate surface area is 754 Å². The smallest absolute Gasteiger partial charge is 0.251 e. The molecule has 0 spiro atoms. The number of nitrogens with two attached hydrogens (primary N) is 1. The molecule has 3 N–H and O–H groups in total. The molecular weight excluding hydrogens is 1680 g/mol. The topological polar surface area (TPSA) is 397 Å². The van der Waals surface area contributed by atoms with Gasteiger partial charge in [0.25, 0.3) is 5.91 Å². The lowest BCUT2D eigenvalue weighted by atomic mass is 10.1. The fourth-order valence-electron chi connectivity index (χ4n) is 10.4. The fourth-order valence-corrected chi connectivity index (χ4v) is 10.4. The van der Waals surface area contributed by atoms with Gasteiger partial charge in [-0.2, -0.15) is 0 Å². The second kappa shape index (κ2) is 94.8. The zero-order valence-electron chi connectivity index (χ0n) is 77.6. The molecule has 0 unspecified atom stereocenters. The standard InChI is InChI=1S/C87H160N2O38/c1-91-15-23-99-31-39-107-47-55-115-68-80(69-116-56-48-108-40-32-100-24-16-92-2)124-78-63-76(64-79(67-78)125-81(70-117-57-49-109-41-33-101-25-17-93-3)71-118-58-50-110-42-34-102-26-18-94-4)11-9-13-89-87(90)77-65-84(126-82(72-119-59-51-111-43-35-103-27-19-95-5)73-120-60-52-112-44-36-104-28-20-96-6)86(123-14-10-12-88)85(66-77)127-83(74-121-61-53-113-45-37-105-29-21-97-7)75-122-62-54-114-46-38-106-30-22-98-8/h63-67,80-83H,9-62,68-75,88H2,1-8H3,(H,89,90). The van der Waals surface area contributed by atoms with Crippen LogP contribution in [0.3, 0.4) is 0 Å². The molecule has 0 bridgehead atoms. The van der Waals surface area contributed by atoms with E-state index >= 15 is 4.79 Å². The zero-order valence-corrected chi connectivity index (χ0v) is 77.6. The van der Waals surface area contributed by atoms with Crippen LogP contribution in [-0.2, 0) is 158 Å². The summed E-state index contributed by atoms with van der Waals surface area (Å²) in [6.07, 6.45) is -1.57. The van der Waals surface area contributed by atoms with E-state index in [0.717, 1.165) is 5.56 Å². The second-order valence-electron chi connectivity index (χ2n) is 27.3. The number of rotatable bonds is 105. The van der Waals surface area contributed by atoms with Crippen molar-refractivity contribution < 1.29 is 180 Å². The molecule has 0 saturated heterocycles. The molecule has 0 aliphatic heterocycles. The Kier molecular flexibility index (Phi) is 88.5. The summed E-state index contributed by atoms with van der Waals surface area (Å²) in [5.74, 6) is 0.883. The molecule has 0 aliphatic carbocycles. The van der Waals surface area contributed by atoms with E-state index in [9.17, 15) is 0 Å². The van der Waals surface area contributed by atoms with Gasteiger partial charge in [0.15, 0.2) is 11.5 Å². The summed E-state index contributed by atoms with van der Waals surface area (Å²) in [5.41, 5.74) is 7.07. The van der Waals surface area contributed by atoms with Crippen LogP contribution in [0.15, 0.2) is 30.3 Å². The van der Waals surface area contributed by atoms with Crippen LogP contribution in [-0.4, -0.2) is 477 Å². The Bertz CT molecular complexity index is 2370. The minimum absolute atomic E-state index is 0.0171. The van der Waals surface area contributed by atoms with Crippen LogP contribution >= 0.6 is 0 Å². The van der Waals surface area contributed by atoms with Crippen LogP contribution in [0, 0.1) is 0 Å². The number of benzene rings is 2. The average molecular weight is 1840 g/mol. The third-order valence-electron chi connectivity index (χ3n) is 16.8. The molecule has 0 aliphatic rings. The van der Waals surface area contributed by atoms with E-state index in [2.05, 4.69) is 5.32 Å². The van der Waals surface area contributed by atoms with E-state index in [1.165, 1.54) is 0 Å². The number of hydrogen-bond donors (Lipinski definition) is 2. The summed E-state index contributed by atoms with van der Waals surface area (Å²) in [5, 5.41) is 3.16. The molecule has 0 atom stereocenters. The number of nitrogens with one attached hydrogen (secondary N) is 1. The highest BCUT2D eigenvalue weighted by Gasteiger charge is 2.26. The molecular formula is C87H160N2O38. The maximum absolute atomic E-state index is 15.1. The van der Waals surface area contributed by atoms with Crippen LogP contribution < -0.4 is 34.7 Å². The van der Waals surface area contributed by atoms with Gasteiger partial charge in [-0.25, -0.2) is 0 Å². The van der Waals surface area contributed by atoms with Gasteiger partial charge in [0.05, 0.1) is 377 Å². The van der Waals surface area contributed by atoms with Crippen LogP contribution in [0.2, 0.25) is 0 Å². The van der Waals surface area contributed by atoms with Crippen molar-refractivity contribution in [1.29, 1.82) is 0 Å². The molecule has 2 rings (SSSR count). The van der Waals surface area contributed by atoms with Crippen molar-refractivity contribution in [3.05, 3.63) is 41.5 Å². The number of amides is 1. The van der Waals surface area contributed by atoms with Gasteiger partial charge in [-0.15, -0.1) is 0 Å². The molecule has 0 radical (unpaired) electrons. The van der Waals surface area contributed by atoms with Gasteiger partial charge in [0.2, 0.25) is 5.75 Å².